The average molecular weight is 325 g/mol. The molecule has 1 heterocycles. The molecule has 0 saturated carbocycles. The fraction of sp³-hybridized carbons (Fsp3) is 0.368. The Hall–Kier alpha value is -2.74. The zero-order chi connectivity index (χ0) is 17.7. The highest BCUT2D eigenvalue weighted by atomic mass is 16.5. The van der Waals surface area contributed by atoms with Gasteiger partial charge in [0.2, 0.25) is 0 Å². The van der Waals surface area contributed by atoms with Crippen LogP contribution in [0, 0.1) is 18.3 Å². The van der Waals surface area contributed by atoms with Crippen molar-refractivity contribution in [1.29, 1.82) is 5.26 Å². The van der Waals surface area contributed by atoms with Gasteiger partial charge in [-0.15, -0.1) is 0 Å². The number of anilines is 1. The van der Waals surface area contributed by atoms with E-state index in [1.165, 1.54) is 0 Å². The van der Waals surface area contributed by atoms with Gasteiger partial charge in [-0.3, -0.25) is 0 Å². The minimum atomic E-state index is -0.154. The Labute approximate surface area is 143 Å². The lowest BCUT2D eigenvalue weighted by atomic mass is 9.84. The van der Waals surface area contributed by atoms with E-state index >= 15 is 0 Å². The second-order valence-electron chi connectivity index (χ2n) is 6.28. The van der Waals surface area contributed by atoms with Gasteiger partial charge in [-0.25, -0.2) is 4.98 Å². The zero-order valence-electron chi connectivity index (χ0n) is 14.8. The van der Waals surface area contributed by atoms with Crippen molar-refractivity contribution in [3.63, 3.8) is 0 Å². The molecule has 0 spiro atoms. The number of nitrogens with zero attached hydrogens (tertiary/aromatic N) is 2. The molecule has 126 valence electrons. The largest absolute Gasteiger partial charge is 0.493 e. The van der Waals surface area contributed by atoms with Crippen LogP contribution in [-0.2, 0) is 5.41 Å². The van der Waals surface area contributed by atoms with Crippen molar-refractivity contribution in [1.82, 2.24) is 4.98 Å². The highest BCUT2D eigenvalue weighted by Gasteiger charge is 2.22. The molecule has 5 nitrogen and oxygen atoms in total. The van der Waals surface area contributed by atoms with Crippen molar-refractivity contribution < 1.29 is 9.47 Å². The molecule has 0 aliphatic carbocycles. The monoisotopic (exact) mass is 325 g/mol. The van der Waals surface area contributed by atoms with Gasteiger partial charge in [0, 0.05) is 12.0 Å². The maximum atomic E-state index is 9.09. The van der Waals surface area contributed by atoms with E-state index in [2.05, 4.69) is 30.2 Å². The number of hydrogen-bond donors (Lipinski definition) is 1. The zero-order valence-corrected chi connectivity index (χ0v) is 14.8. The van der Waals surface area contributed by atoms with Crippen LogP contribution in [0.15, 0.2) is 30.3 Å². The summed E-state index contributed by atoms with van der Waals surface area (Å²) >= 11 is 0. The van der Waals surface area contributed by atoms with Crippen LogP contribution in [-0.4, -0.2) is 25.7 Å². The summed E-state index contributed by atoms with van der Waals surface area (Å²) in [7, 11) is 3.26. The molecule has 0 unspecified atom stereocenters. The summed E-state index contributed by atoms with van der Waals surface area (Å²) in [4.78, 5) is 4.33. The minimum absolute atomic E-state index is 0.154. The number of benzene rings is 1. The first kappa shape index (κ1) is 17.6. The summed E-state index contributed by atoms with van der Waals surface area (Å²) in [5, 5.41) is 12.4. The van der Waals surface area contributed by atoms with Crippen LogP contribution in [0.1, 0.15) is 30.7 Å². The fourth-order valence-corrected chi connectivity index (χ4v) is 2.41. The van der Waals surface area contributed by atoms with Crippen molar-refractivity contribution in [2.24, 2.45) is 0 Å². The van der Waals surface area contributed by atoms with E-state index in [1.54, 1.807) is 14.2 Å². The van der Waals surface area contributed by atoms with E-state index in [9.17, 15) is 0 Å². The van der Waals surface area contributed by atoms with Crippen LogP contribution in [0.25, 0.3) is 0 Å². The Balaban J connectivity index is 2.18. The van der Waals surface area contributed by atoms with Crippen LogP contribution in [0.2, 0.25) is 0 Å². The highest BCUT2D eigenvalue weighted by Crippen LogP contribution is 2.33. The molecule has 0 aliphatic heterocycles. The van der Waals surface area contributed by atoms with Crippen LogP contribution in [0.4, 0.5) is 5.82 Å². The molecule has 1 aromatic carbocycles. The molecule has 2 rings (SSSR count). The quantitative estimate of drug-likeness (QED) is 0.877. The normalized spacial score (nSPS) is 10.8. The first-order chi connectivity index (χ1) is 11.4. The van der Waals surface area contributed by atoms with Crippen molar-refractivity contribution in [3.8, 4) is 17.6 Å². The predicted octanol–water partition coefficient (Wildman–Crippen LogP) is 3.67. The lowest BCUT2D eigenvalue weighted by molar-refractivity contribution is 0.353. The molecule has 2 aromatic rings. The third-order valence-electron chi connectivity index (χ3n) is 4.08. The molecule has 0 aliphatic rings. The summed E-state index contributed by atoms with van der Waals surface area (Å²) in [6.07, 6.45) is 0. The molecule has 0 bridgehead atoms. The number of aromatic nitrogens is 1. The summed E-state index contributed by atoms with van der Waals surface area (Å²) in [5.41, 5.74) is 2.30. The molecule has 1 N–H and O–H groups in total. The molecule has 24 heavy (non-hydrogen) atoms. The number of methoxy groups -OCH3 is 2. The standard InChI is InChI=1S/C19H23N3O2/c1-13-6-9-18(22-15(13)11-20)21-12-19(2,3)14-7-8-16(23-4)17(10-14)24-5/h6-10H,12H2,1-5H3,(H,21,22). The Kier molecular flexibility index (Phi) is 5.30. The molecule has 0 amide bonds. The number of rotatable bonds is 6. The van der Waals surface area contributed by atoms with Gasteiger partial charge in [-0.05, 0) is 36.2 Å². The Morgan fingerprint density at radius 2 is 1.83 bits per heavy atom. The maximum Gasteiger partial charge on any atom is 0.161 e. The lowest BCUT2D eigenvalue weighted by Gasteiger charge is -2.27. The van der Waals surface area contributed by atoms with Gasteiger partial charge in [0.15, 0.2) is 11.5 Å². The first-order valence-electron chi connectivity index (χ1n) is 7.75. The molecule has 0 fully saturated rings. The van der Waals surface area contributed by atoms with Crippen molar-refractivity contribution >= 4 is 5.82 Å². The van der Waals surface area contributed by atoms with E-state index in [0.717, 1.165) is 11.1 Å². The van der Waals surface area contributed by atoms with Crippen LogP contribution in [0.5, 0.6) is 11.5 Å². The number of aryl methyl sites for hydroxylation is 1. The number of nitrogens with one attached hydrogen (secondary N) is 1. The summed E-state index contributed by atoms with van der Waals surface area (Å²) in [6.45, 7) is 6.83. The number of ether oxygens (including phenoxy) is 2. The van der Waals surface area contributed by atoms with Gasteiger partial charge in [-0.2, -0.15) is 5.26 Å². The summed E-state index contributed by atoms with van der Waals surface area (Å²) < 4.78 is 10.7. The smallest absolute Gasteiger partial charge is 0.161 e. The van der Waals surface area contributed by atoms with E-state index in [1.807, 2.05) is 37.3 Å². The van der Waals surface area contributed by atoms with Crippen LogP contribution in [0.3, 0.4) is 0 Å². The maximum absolute atomic E-state index is 9.09. The molecule has 5 heteroatoms. The van der Waals surface area contributed by atoms with Gasteiger partial charge in [0.05, 0.1) is 14.2 Å². The molecule has 1 aromatic heterocycles. The second kappa shape index (κ2) is 7.22. The number of nitriles is 1. The van der Waals surface area contributed by atoms with E-state index in [-0.39, 0.29) is 5.41 Å². The summed E-state index contributed by atoms with van der Waals surface area (Å²) in [5.74, 6) is 2.12. The number of hydrogen-bond acceptors (Lipinski definition) is 5. The van der Waals surface area contributed by atoms with Gasteiger partial charge < -0.3 is 14.8 Å². The molecular formula is C19H23N3O2. The van der Waals surface area contributed by atoms with Crippen LogP contribution >= 0.6 is 0 Å². The lowest BCUT2D eigenvalue weighted by Crippen LogP contribution is -2.28. The average Bonchev–Trinajstić information content (AvgIpc) is 2.60. The highest BCUT2D eigenvalue weighted by molar-refractivity contribution is 5.47. The minimum Gasteiger partial charge on any atom is -0.493 e. The third-order valence-corrected chi connectivity index (χ3v) is 4.08. The van der Waals surface area contributed by atoms with Gasteiger partial charge in [0.1, 0.15) is 17.6 Å². The van der Waals surface area contributed by atoms with Gasteiger partial charge in [0.25, 0.3) is 0 Å². The molecule has 0 saturated heterocycles. The van der Waals surface area contributed by atoms with Crippen molar-refractivity contribution in [3.05, 3.63) is 47.2 Å². The molecular weight excluding hydrogens is 302 g/mol. The SMILES string of the molecule is COc1ccc(C(C)(C)CNc2ccc(C)c(C#N)n2)cc1OC. The predicted molar refractivity (Wildman–Crippen MR) is 94.8 cm³/mol. The fourth-order valence-electron chi connectivity index (χ4n) is 2.41. The van der Waals surface area contributed by atoms with Gasteiger partial charge in [-0.1, -0.05) is 26.0 Å². The topological polar surface area (TPSA) is 67.2 Å². The van der Waals surface area contributed by atoms with E-state index in [0.29, 0.717) is 29.6 Å². The third kappa shape index (κ3) is 3.77. The van der Waals surface area contributed by atoms with E-state index in [4.69, 9.17) is 14.7 Å². The van der Waals surface area contributed by atoms with E-state index < -0.39 is 0 Å². The Bertz CT molecular complexity index is 764. The number of pyridine rings is 1. The van der Waals surface area contributed by atoms with Crippen molar-refractivity contribution in [2.75, 3.05) is 26.1 Å². The first-order valence-corrected chi connectivity index (χ1v) is 7.75. The summed E-state index contributed by atoms with van der Waals surface area (Å²) in [6, 6.07) is 11.8. The Morgan fingerprint density at radius 3 is 2.46 bits per heavy atom. The van der Waals surface area contributed by atoms with Crippen molar-refractivity contribution in [2.45, 2.75) is 26.2 Å². The van der Waals surface area contributed by atoms with Crippen LogP contribution < -0.4 is 14.8 Å². The second-order valence-corrected chi connectivity index (χ2v) is 6.28. The molecule has 0 radical (unpaired) electrons. The van der Waals surface area contributed by atoms with Gasteiger partial charge >= 0.3 is 0 Å². The molecule has 0 atom stereocenters. The Morgan fingerprint density at radius 1 is 1.12 bits per heavy atom.